The summed E-state index contributed by atoms with van der Waals surface area (Å²) >= 11 is 6.55. The van der Waals surface area contributed by atoms with Gasteiger partial charge in [-0.3, -0.25) is 4.79 Å². The highest BCUT2D eigenvalue weighted by atomic mass is 35.5. The maximum absolute atomic E-state index is 12.5. The topological polar surface area (TPSA) is 83.0 Å². The van der Waals surface area contributed by atoms with Crippen LogP contribution in [0.25, 0.3) is 10.9 Å². The summed E-state index contributed by atoms with van der Waals surface area (Å²) in [5.74, 6) is 3.13. The predicted octanol–water partition coefficient (Wildman–Crippen LogP) is 6.66. The molecule has 0 bridgehead atoms. The fraction of sp³-hybridized carbons (Fsp3) is 0.545. The Bertz CT molecular complexity index is 1400. The Morgan fingerprint density at radius 1 is 1.12 bits per heavy atom. The third-order valence-corrected chi connectivity index (χ3v) is 9.53. The molecule has 2 saturated heterocycles. The van der Waals surface area contributed by atoms with E-state index in [1.807, 2.05) is 24.3 Å². The number of rotatable bonds is 13. The molecule has 3 heterocycles. The maximum Gasteiger partial charge on any atom is 0.230 e. The number of nitrogens with zero attached hydrogens (tertiary/aromatic N) is 3. The zero-order valence-electron chi connectivity index (χ0n) is 24.4. The standard InChI is InChI=1S/C33H40ClN3O5/c1-39-30-18-27-29(19-31(30)41-15-3-12-37-13-10-33(11-14-37)20-40-21-33)35-22-36-32(27)42-26-9-7-24(28(34)17-26)16-25(38)8-6-23-4-2-5-23/h7,9,17-19,22-23H,2-6,8,10-16,20-21H2,1H3. The molecule has 9 heteroatoms. The van der Waals surface area contributed by atoms with Crippen LogP contribution in [0.4, 0.5) is 0 Å². The molecular weight excluding hydrogens is 554 g/mol. The van der Waals surface area contributed by atoms with Crippen LogP contribution in [0.15, 0.2) is 36.7 Å². The Labute approximate surface area is 252 Å². The molecule has 1 spiro atoms. The van der Waals surface area contributed by atoms with Gasteiger partial charge >= 0.3 is 0 Å². The van der Waals surface area contributed by atoms with Gasteiger partial charge in [0.15, 0.2) is 11.5 Å². The highest BCUT2D eigenvalue weighted by Crippen LogP contribution is 2.39. The van der Waals surface area contributed by atoms with Crippen LogP contribution in [0.3, 0.4) is 0 Å². The Balaban J connectivity index is 1.05. The van der Waals surface area contributed by atoms with Gasteiger partial charge in [-0.15, -0.1) is 0 Å². The first-order chi connectivity index (χ1) is 20.5. The third kappa shape index (κ3) is 6.82. The normalized spacial score (nSPS) is 18.4. The van der Waals surface area contributed by atoms with Crippen molar-refractivity contribution >= 4 is 28.3 Å². The lowest BCUT2D eigenvalue weighted by Crippen LogP contribution is -2.51. The first-order valence-corrected chi connectivity index (χ1v) is 15.6. The lowest BCUT2D eigenvalue weighted by atomic mass is 9.77. The average Bonchev–Trinajstić information content (AvgIpc) is 2.95. The number of likely N-dealkylation sites (tertiary alicyclic amines) is 1. The van der Waals surface area contributed by atoms with Crippen molar-refractivity contribution in [2.24, 2.45) is 11.3 Å². The van der Waals surface area contributed by atoms with E-state index in [0.717, 1.165) is 57.2 Å². The van der Waals surface area contributed by atoms with Crippen LogP contribution in [0.1, 0.15) is 56.9 Å². The zero-order valence-corrected chi connectivity index (χ0v) is 25.2. The van der Waals surface area contributed by atoms with Gasteiger partial charge in [0, 0.05) is 35.9 Å². The van der Waals surface area contributed by atoms with Gasteiger partial charge in [-0.25, -0.2) is 9.97 Å². The van der Waals surface area contributed by atoms with Gasteiger partial charge in [0.25, 0.3) is 0 Å². The van der Waals surface area contributed by atoms with E-state index in [2.05, 4.69) is 14.9 Å². The van der Waals surface area contributed by atoms with Crippen LogP contribution < -0.4 is 14.2 Å². The second-order valence-corrected chi connectivity index (χ2v) is 12.5. The van der Waals surface area contributed by atoms with Crippen LogP contribution >= 0.6 is 11.6 Å². The molecule has 0 radical (unpaired) electrons. The Kier molecular flexibility index (Phi) is 9.12. The van der Waals surface area contributed by atoms with Gasteiger partial charge in [-0.05, 0) is 68.5 Å². The molecule has 224 valence electrons. The van der Waals surface area contributed by atoms with Gasteiger partial charge in [0.05, 0.1) is 37.8 Å². The summed E-state index contributed by atoms with van der Waals surface area (Å²) in [6, 6.07) is 9.14. The predicted molar refractivity (Wildman–Crippen MR) is 162 cm³/mol. The number of Topliss-reactive ketones (excluding diaryl/α,β-unsaturated/α-hetero) is 1. The lowest BCUT2D eigenvalue weighted by molar-refractivity contribution is -0.139. The van der Waals surface area contributed by atoms with Crippen molar-refractivity contribution in [1.29, 1.82) is 0 Å². The second-order valence-electron chi connectivity index (χ2n) is 12.1. The van der Waals surface area contributed by atoms with E-state index >= 15 is 0 Å². The monoisotopic (exact) mass is 593 g/mol. The van der Waals surface area contributed by atoms with Gasteiger partial charge in [-0.1, -0.05) is 36.9 Å². The van der Waals surface area contributed by atoms with Crippen molar-refractivity contribution in [3.8, 4) is 23.1 Å². The fourth-order valence-electron chi connectivity index (χ4n) is 6.09. The van der Waals surface area contributed by atoms with E-state index in [9.17, 15) is 4.79 Å². The highest BCUT2D eigenvalue weighted by Gasteiger charge is 2.40. The molecule has 0 amide bonds. The van der Waals surface area contributed by atoms with Gasteiger partial charge in [0.1, 0.15) is 17.9 Å². The number of benzene rings is 2. The smallest absolute Gasteiger partial charge is 0.230 e. The number of carbonyl (C=O) groups is 1. The number of hydrogen-bond donors (Lipinski definition) is 0. The molecule has 1 aliphatic carbocycles. The number of aromatic nitrogens is 2. The molecule has 3 aromatic rings. The molecule has 8 nitrogen and oxygen atoms in total. The molecular formula is C33H40ClN3O5. The molecule has 2 aromatic carbocycles. The number of hydrogen-bond acceptors (Lipinski definition) is 8. The van der Waals surface area contributed by atoms with Gasteiger partial charge < -0.3 is 23.8 Å². The molecule has 2 aliphatic heterocycles. The van der Waals surface area contributed by atoms with Crippen molar-refractivity contribution in [3.63, 3.8) is 0 Å². The first kappa shape index (κ1) is 29.1. The molecule has 3 fully saturated rings. The molecule has 1 saturated carbocycles. The molecule has 6 rings (SSSR count). The number of fused-ring (bicyclic) bond motifs is 1. The SMILES string of the molecule is COc1cc2c(Oc3ccc(CC(=O)CCC4CCC4)c(Cl)c3)ncnc2cc1OCCCN1CCC2(CC1)COC2. The van der Waals surface area contributed by atoms with E-state index in [1.54, 1.807) is 13.2 Å². The fourth-order valence-corrected chi connectivity index (χ4v) is 6.33. The number of ketones is 1. The summed E-state index contributed by atoms with van der Waals surface area (Å²) in [5, 5.41) is 1.22. The molecule has 0 unspecified atom stereocenters. The molecule has 0 N–H and O–H groups in total. The molecule has 42 heavy (non-hydrogen) atoms. The molecule has 3 aliphatic rings. The maximum atomic E-state index is 12.5. The van der Waals surface area contributed by atoms with E-state index in [1.165, 1.54) is 38.4 Å². The zero-order chi connectivity index (χ0) is 28.9. The summed E-state index contributed by atoms with van der Waals surface area (Å²) < 4.78 is 23.4. The Morgan fingerprint density at radius 2 is 1.95 bits per heavy atom. The lowest BCUT2D eigenvalue weighted by Gasteiger charge is -2.47. The summed E-state index contributed by atoms with van der Waals surface area (Å²) in [7, 11) is 1.62. The van der Waals surface area contributed by atoms with Crippen LogP contribution in [-0.4, -0.2) is 67.2 Å². The third-order valence-electron chi connectivity index (χ3n) is 9.18. The minimum Gasteiger partial charge on any atom is -0.493 e. The van der Waals surface area contributed by atoms with Crippen LogP contribution in [0.2, 0.25) is 5.02 Å². The second kappa shape index (κ2) is 13.1. The van der Waals surface area contributed by atoms with Gasteiger partial charge in [-0.2, -0.15) is 0 Å². The van der Waals surface area contributed by atoms with Crippen molar-refractivity contribution in [3.05, 3.63) is 47.2 Å². The molecule has 0 atom stereocenters. The van der Waals surface area contributed by atoms with Crippen molar-refractivity contribution < 1.29 is 23.7 Å². The largest absolute Gasteiger partial charge is 0.493 e. The van der Waals surface area contributed by atoms with Crippen LogP contribution in [0, 0.1) is 11.3 Å². The Morgan fingerprint density at radius 3 is 2.64 bits per heavy atom. The first-order valence-electron chi connectivity index (χ1n) is 15.2. The number of carbonyl (C=O) groups excluding carboxylic acids is 1. The average molecular weight is 594 g/mol. The number of ether oxygens (including phenoxy) is 4. The quantitative estimate of drug-likeness (QED) is 0.204. The van der Waals surface area contributed by atoms with E-state index < -0.39 is 0 Å². The van der Waals surface area contributed by atoms with Crippen molar-refractivity contribution in [2.45, 2.75) is 57.8 Å². The number of halogens is 1. The summed E-state index contributed by atoms with van der Waals surface area (Å²) in [6.07, 6.45) is 10.6. The van der Waals surface area contributed by atoms with E-state index in [4.69, 9.17) is 30.5 Å². The Hall–Kier alpha value is -2.94. The number of methoxy groups -OCH3 is 1. The van der Waals surface area contributed by atoms with Crippen LogP contribution in [-0.2, 0) is 16.0 Å². The summed E-state index contributed by atoms with van der Waals surface area (Å²) in [5.41, 5.74) is 1.97. The van der Waals surface area contributed by atoms with Crippen LogP contribution in [0.5, 0.6) is 23.1 Å². The van der Waals surface area contributed by atoms with E-state index in [0.29, 0.717) is 63.9 Å². The minimum absolute atomic E-state index is 0.230. The summed E-state index contributed by atoms with van der Waals surface area (Å²) in [4.78, 5) is 23.8. The van der Waals surface area contributed by atoms with Crippen molar-refractivity contribution in [1.82, 2.24) is 14.9 Å². The van der Waals surface area contributed by atoms with Gasteiger partial charge in [0.2, 0.25) is 5.88 Å². The molecule has 1 aromatic heterocycles. The summed E-state index contributed by atoms with van der Waals surface area (Å²) in [6.45, 7) is 5.75. The number of piperidine rings is 1. The minimum atomic E-state index is 0.230. The van der Waals surface area contributed by atoms with Crippen molar-refractivity contribution in [2.75, 3.05) is 46.6 Å². The highest BCUT2D eigenvalue weighted by molar-refractivity contribution is 6.31. The van der Waals surface area contributed by atoms with E-state index in [-0.39, 0.29) is 5.78 Å².